The molecule has 0 amide bonds. The van der Waals surface area contributed by atoms with Crippen molar-refractivity contribution in [2.24, 2.45) is 5.41 Å². The van der Waals surface area contributed by atoms with Crippen molar-refractivity contribution in [2.45, 2.75) is 118 Å². The third-order valence-electron chi connectivity index (χ3n) is 7.45. The highest BCUT2D eigenvalue weighted by molar-refractivity contribution is 6.74. The van der Waals surface area contributed by atoms with Crippen LogP contribution in [0.25, 0.3) is 0 Å². The van der Waals surface area contributed by atoms with Crippen LogP contribution in [0.15, 0.2) is 34.4 Å². The SMILES string of the molecule is CCOC(=O)/C=C(\CC/C=C(\C)CCC1=C(C)CCCC1(C)C)CO[Si](C)(C)C(C)(C)C. The Morgan fingerprint density at radius 1 is 1.19 bits per heavy atom. The smallest absolute Gasteiger partial charge is 0.330 e. The summed E-state index contributed by atoms with van der Waals surface area (Å²) in [7, 11) is -1.86. The molecule has 0 aromatic rings. The van der Waals surface area contributed by atoms with E-state index in [-0.39, 0.29) is 11.0 Å². The minimum absolute atomic E-state index is 0.151. The lowest BCUT2D eigenvalue weighted by atomic mass is 9.71. The molecule has 0 saturated carbocycles. The number of hydrogen-bond donors (Lipinski definition) is 0. The van der Waals surface area contributed by atoms with E-state index in [0.717, 1.165) is 24.8 Å². The van der Waals surface area contributed by atoms with Gasteiger partial charge in [-0.3, -0.25) is 0 Å². The first-order chi connectivity index (χ1) is 14.7. The second kappa shape index (κ2) is 12.4. The summed E-state index contributed by atoms with van der Waals surface area (Å²) in [4.78, 5) is 12.1. The van der Waals surface area contributed by atoms with Crippen LogP contribution in [-0.4, -0.2) is 27.5 Å². The van der Waals surface area contributed by atoms with Gasteiger partial charge in [-0.25, -0.2) is 4.79 Å². The second-order valence-corrected chi connectivity index (χ2v) is 16.5. The molecule has 0 saturated heterocycles. The Hall–Kier alpha value is -1.13. The van der Waals surface area contributed by atoms with E-state index in [0.29, 0.717) is 18.6 Å². The van der Waals surface area contributed by atoms with Crippen LogP contribution in [0.5, 0.6) is 0 Å². The summed E-state index contributed by atoms with van der Waals surface area (Å²) in [6.07, 6.45) is 11.9. The zero-order chi connectivity index (χ0) is 24.6. The van der Waals surface area contributed by atoms with E-state index in [9.17, 15) is 4.79 Å². The molecule has 0 heterocycles. The molecule has 32 heavy (non-hydrogen) atoms. The zero-order valence-electron chi connectivity index (χ0n) is 22.7. The normalized spacial score (nSPS) is 18.2. The van der Waals surface area contributed by atoms with Crippen molar-refractivity contribution in [3.05, 3.63) is 34.4 Å². The fourth-order valence-electron chi connectivity index (χ4n) is 4.18. The van der Waals surface area contributed by atoms with Gasteiger partial charge in [-0.05, 0) is 94.8 Å². The van der Waals surface area contributed by atoms with Crippen molar-refractivity contribution in [2.75, 3.05) is 13.2 Å². The zero-order valence-corrected chi connectivity index (χ0v) is 23.7. The van der Waals surface area contributed by atoms with Gasteiger partial charge in [0.2, 0.25) is 0 Å². The fourth-order valence-corrected chi connectivity index (χ4v) is 5.16. The van der Waals surface area contributed by atoms with Crippen LogP contribution in [0, 0.1) is 5.41 Å². The van der Waals surface area contributed by atoms with Gasteiger partial charge >= 0.3 is 5.97 Å². The molecule has 0 unspecified atom stereocenters. The molecule has 0 aromatic heterocycles. The summed E-state index contributed by atoms with van der Waals surface area (Å²) in [5, 5.41) is 0.151. The molecule has 0 aromatic carbocycles. The highest BCUT2D eigenvalue weighted by atomic mass is 28.4. The Morgan fingerprint density at radius 2 is 1.84 bits per heavy atom. The summed E-state index contributed by atoms with van der Waals surface area (Å²) in [5.74, 6) is -0.260. The Balaban J connectivity index is 2.73. The van der Waals surface area contributed by atoms with Crippen LogP contribution in [0.2, 0.25) is 18.1 Å². The van der Waals surface area contributed by atoms with Crippen LogP contribution in [0.1, 0.15) is 100 Å². The van der Waals surface area contributed by atoms with Gasteiger partial charge in [-0.15, -0.1) is 0 Å². The van der Waals surface area contributed by atoms with Gasteiger partial charge in [-0.1, -0.05) is 57.4 Å². The Bertz CT molecular complexity index is 717. The average molecular weight is 463 g/mol. The Kier molecular flexibility index (Phi) is 11.2. The third-order valence-corrected chi connectivity index (χ3v) is 11.9. The summed E-state index contributed by atoms with van der Waals surface area (Å²) in [6.45, 7) is 23.4. The van der Waals surface area contributed by atoms with E-state index < -0.39 is 8.32 Å². The molecule has 1 aliphatic carbocycles. The number of hydrogen-bond acceptors (Lipinski definition) is 3. The molecule has 0 radical (unpaired) electrons. The molecular weight excluding hydrogens is 412 g/mol. The molecular formula is C28H50O3Si. The number of rotatable bonds is 11. The predicted molar refractivity (Wildman–Crippen MR) is 140 cm³/mol. The van der Waals surface area contributed by atoms with E-state index in [4.69, 9.17) is 9.16 Å². The minimum Gasteiger partial charge on any atom is -0.463 e. The van der Waals surface area contributed by atoms with Gasteiger partial charge in [0.25, 0.3) is 0 Å². The summed E-state index contributed by atoms with van der Waals surface area (Å²) < 4.78 is 11.5. The minimum atomic E-state index is -1.86. The molecule has 0 bridgehead atoms. The topological polar surface area (TPSA) is 35.5 Å². The van der Waals surface area contributed by atoms with Crippen LogP contribution in [0.4, 0.5) is 0 Å². The summed E-state index contributed by atoms with van der Waals surface area (Å²) in [5.41, 5.74) is 6.09. The largest absolute Gasteiger partial charge is 0.463 e. The van der Waals surface area contributed by atoms with Gasteiger partial charge in [0.05, 0.1) is 13.2 Å². The molecule has 1 rings (SSSR count). The second-order valence-electron chi connectivity index (χ2n) is 11.7. The van der Waals surface area contributed by atoms with E-state index >= 15 is 0 Å². The van der Waals surface area contributed by atoms with Gasteiger partial charge in [0, 0.05) is 6.08 Å². The molecule has 0 fully saturated rings. The third kappa shape index (κ3) is 9.39. The Morgan fingerprint density at radius 3 is 2.41 bits per heavy atom. The Labute approximate surface area is 199 Å². The maximum atomic E-state index is 12.1. The average Bonchev–Trinajstić information content (AvgIpc) is 2.64. The molecule has 4 heteroatoms. The first-order valence-corrected chi connectivity index (χ1v) is 15.5. The highest BCUT2D eigenvalue weighted by Gasteiger charge is 2.37. The highest BCUT2D eigenvalue weighted by Crippen LogP contribution is 2.42. The molecule has 1 aliphatic rings. The molecule has 0 N–H and O–H groups in total. The van der Waals surface area contributed by atoms with Crippen molar-refractivity contribution < 1.29 is 14.0 Å². The molecule has 3 nitrogen and oxygen atoms in total. The van der Waals surface area contributed by atoms with Crippen LogP contribution < -0.4 is 0 Å². The van der Waals surface area contributed by atoms with Crippen molar-refractivity contribution in [3.8, 4) is 0 Å². The van der Waals surface area contributed by atoms with Crippen molar-refractivity contribution in [1.82, 2.24) is 0 Å². The first kappa shape index (κ1) is 28.9. The molecule has 0 atom stereocenters. The van der Waals surface area contributed by atoms with Crippen molar-refractivity contribution in [1.29, 1.82) is 0 Å². The number of carbonyl (C=O) groups is 1. The first-order valence-electron chi connectivity index (χ1n) is 12.5. The van der Waals surface area contributed by atoms with Crippen LogP contribution in [0.3, 0.4) is 0 Å². The summed E-state index contributed by atoms with van der Waals surface area (Å²) >= 11 is 0. The number of ether oxygens (including phenoxy) is 1. The number of carbonyl (C=O) groups excluding carboxylic acids is 1. The lowest BCUT2D eigenvalue weighted by molar-refractivity contribution is -0.137. The fraction of sp³-hybridized carbons (Fsp3) is 0.750. The van der Waals surface area contributed by atoms with E-state index in [1.165, 1.54) is 31.3 Å². The molecule has 184 valence electrons. The van der Waals surface area contributed by atoms with E-state index in [1.54, 1.807) is 17.2 Å². The van der Waals surface area contributed by atoms with Crippen molar-refractivity contribution >= 4 is 14.3 Å². The lowest BCUT2D eigenvalue weighted by Crippen LogP contribution is -2.41. The van der Waals surface area contributed by atoms with Crippen LogP contribution in [-0.2, 0) is 14.0 Å². The summed E-state index contributed by atoms with van der Waals surface area (Å²) in [6, 6.07) is 0. The van der Waals surface area contributed by atoms with Crippen LogP contribution >= 0.6 is 0 Å². The molecule has 0 aliphatic heterocycles. The lowest BCUT2D eigenvalue weighted by Gasteiger charge is -2.36. The van der Waals surface area contributed by atoms with E-state index in [1.807, 2.05) is 6.92 Å². The monoisotopic (exact) mass is 462 g/mol. The van der Waals surface area contributed by atoms with Gasteiger partial charge in [0.1, 0.15) is 0 Å². The van der Waals surface area contributed by atoms with E-state index in [2.05, 4.69) is 67.6 Å². The molecule has 0 spiro atoms. The van der Waals surface area contributed by atoms with Gasteiger partial charge < -0.3 is 9.16 Å². The number of esters is 1. The van der Waals surface area contributed by atoms with Crippen molar-refractivity contribution in [3.63, 3.8) is 0 Å². The van der Waals surface area contributed by atoms with Gasteiger partial charge in [-0.2, -0.15) is 0 Å². The maximum Gasteiger partial charge on any atom is 0.330 e. The predicted octanol–water partition coefficient (Wildman–Crippen LogP) is 8.53. The standard InChI is InChI=1S/C28H50O3Si/c1-11-30-26(29)20-24(21-31-32(9,10)27(4,5)6)16-12-14-22(2)17-18-25-23(3)15-13-19-28(25,7)8/h14,20H,11-13,15-19,21H2,1-10H3/b22-14+,24-20+. The number of allylic oxidation sites excluding steroid dienone is 4. The maximum absolute atomic E-state index is 12.1. The quantitative estimate of drug-likeness (QED) is 0.133. The van der Waals surface area contributed by atoms with Gasteiger partial charge in [0.15, 0.2) is 8.32 Å².